The molecule has 0 saturated carbocycles. The zero-order valence-electron chi connectivity index (χ0n) is 12.0. The molecule has 0 fully saturated rings. The van der Waals surface area contributed by atoms with E-state index in [0.717, 1.165) is 0 Å². The van der Waals surface area contributed by atoms with Crippen LogP contribution in [0.5, 0.6) is 0 Å². The van der Waals surface area contributed by atoms with E-state index < -0.39 is 0 Å². The zero-order chi connectivity index (χ0) is 14.4. The molecule has 1 aromatic carbocycles. The van der Waals surface area contributed by atoms with Crippen LogP contribution in [0.4, 0.5) is 11.4 Å². The maximum atomic E-state index is 11.6. The van der Waals surface area contributed by atoms with Crippen molar-refractivity contribution in [3.05, 3.63) is 24.3 Å². The molecular weight excluding hydrogens is 278 g/mol. The average Bonchev–Trinajstić information content (AvgIpc) is 2.39. The van der Waals surface area contributed by atoms with Crippen LogP contribution in [0, 0.1) is 11.8 Å². The highest BCUT2D eigenvalue weighted by molar-refractivity contribution is 5.94. The SMILES string of the molecule is CC(C)C(=O)Nc1ccc(NC(=O)C(C)CN)cc1.Cl. The first-order chi connectivity index (χ1) is 8.93. The molecule has 4 N–H and O–H groups in total. The molecule has 0 radical (unpaired) electrons. The van der Waals surface area contributed by atoms with E-state index >= 15 is 0 Å². The fraction of sp³-hybridized carbons (Fsp3) is 0.429. The average molecular weight is 300 g/mol. The molecule has 0 spiro atoms. The Morgan fingerprint density at radius 1 is 1.00 bits per heavy atom. The second-order valence-electron chi connectivity index (χ2n) is 4.85. The Balaban J connectivity index is 0.00000361. The predicted octanol–water partition coefficient (Wildman–Crippen LogP) is 2.24. The van der Waals surface area contributed by atoms with Gasteiger partial charge in [-0.15, -0.1) is 12.4 Å². The van der Waals surface area contributed by atoms with Crippen LogP contribution in [0.3, 0.4) is 0 Å². The van der Waals surface area contributed by atoms with Crippen LogP contribution in [0.25, 0.3) is 0 Å². The quantitative estimate of drug-likeness (QED) is 0.779. The molecule has 0 aromatic heterocycles. The minimum Gasteiger partial charge on any atom is -0.330 e. The molecule has 5 nitrogen and oxygen atoms in total. The van der Waals surface area contributed by atoms with Gasteiger partial charge in [0.25, 0.3) is 0 Å². The van der Waals surface area contributed by atoms with Gasteiger partial charge in [-0.05, 0) is 24.3 Å². The maximum absolute atomic E-state index is 11.6. The Labute approximate surface area is 125 Å². The van der Waals surface area contributed by atoms with Crippen molar-refractivity contribution in [2.75, 3.05) is 17.2 Å². The third kappa shape index (κ3) is 5.59. The molecule has 0 heterocycles. The van der Waals surface area contributed by atoms with Crippen LogP contribution in [0.15, 0.2) is 24.3 Å². The summed E-state index contributed by atoms with van der Waals surface area (Å²) >= 11 is 0. The van der Waals surface area contributed by atoms with Gasteiger partial charge >= 0.3 is 0 Å². The standard InChI is InChI=1S/C14H21N3O2.ClH/c1-9(2)13(18)16-11-4-6-12(7-5-11)17-14(19)10(3)8-15;/h4-7,9-10H,8,15H2,1-3H3,(H,16,18)(H,17,19);1H. The van der Waals surface area contributed by atoms with Crippen molar-refractivity contribution >= 4 is 35.6 Å². The number of nitrogens with one attached hydrogen (secondary N) is 2. The van der Waals surface area contributed by atoms with E-state index in [-0.39, 0.29) is 36.1 Å². The molecule has 112 valence electrons. The van der Waals surface area contributed by atoms with Crippen molar-refractivity contribution in [2.45, 2.75) is 20.8 Å². The molecule has 1 atom stereocenters. The highest BCUT2D eigenvalue weighted by Gasteiger charge is 2.11. The fourth-order valence-corrected chi connectivity index (χ4v) is 1.30. The Morgan fingerprint density at radius 3 is 1.75 bits per heavy atom. The Hall–Kier alpha value is -1.59. The molecule has 2 amide bonds. The summed E-state index contributed by atoms with van der Waals surface area (Å²) in [6.45, 7) is 5.75. The summed E-state index contributed by atoms with van der Waals surface area (Å²) in [7, 11) is 0. The summed E-state index contributed by atoms with van der Waals surface area (Å²) < 4.78 is 0. The Bertz CT molecular complexity index is 446. The number of hydrogen-bond acceptors (Lipinski definition) is 3. The number of amides is 2. The summed E-state index contributed by atoms with van der Waals surface area (Å²) in [5.41, 5.74) is 6.82. The molecule has 1 rings (SSSR count). The lowest BCUT2D eigenvalue weighted by Gasteiger charge is -2.11. The number of nitrogens with two attached hydrogens (primary N) is 1. The van der Waals surface area contributed by atoms with Gasteiger partial charge in [0, 0.05) is 29.8 Å². The van der Waals surface area contributed by atoms with Gasteiger partial charge in [-0.3, -0.25) is 9.59 Å². The highest BCUT2D eigenvalue weighted by Crippen LogP contribution is 2.15. The van der Waals surface area contributed by atoms with E-state index in [1.165, 1.54) is 0 Å². The van der Waals surface area contributed by atoms with E-state index in [2.05, 4.69) is 10.6 Å². The topological polar surface area (TPSA) is 84.2 Å². The number of carbonyl (C=O) groups is 2. The highest BCUT2D eigenvalue weighted by atomic mass is 35.5. The fourth-order valence-electron chi connectivity index (χ4n) is 1.30. The summed E-state index contributed by atoms with van der Waals surface area (Å²) in [5.74, 6) is -0.430. The van der Waals surface area contributed by atoms with Gasteiger partial charge < -0.3 is 16.4 Å². The van der Waals surface area contributed by atoms with Gasteiger partial charge in [0.2, 0.25) is 11.8 Å². The predicted molar refractivity (Wildman–Crippen MR) is 84.0 cm³/mol. The van der Waals surface area contributed by atoms with Crippen molar-refractivity contribution in [2.24, 2.45) is 17.6 Å². The van der Waals surface area contributed by atoms with Crippen LogP contribution in [0.1, 0.15) is 20.8 Å². The summed E-state index contributed by atoms with van der Waals surface area (Å²) in [4.78, 5) is 23.1. The summed E-state index contributed by atoms with van der Waals surface area (Å²) in [5, 5.41) is 5.55. The zero-order valence-corrected chi connectivity index (χ0v) is 12.8. The second-order valence-corrected chi connectivity index (χ2v) is 4.85. The first-order valence-corrected chi connectivity index (χ1v) is 6.36. The van der Waals surface area contributed by atoms with Crippen LogP contribution in [-0.4, -0.2) is 18.4 Å². The summed E-state index contributed by atoms with van der Waals surface area (Å²) in [6, 6.07) is 7.00. The van der Waals surface area contributed by atoms with Crippen LogP contribution >= 0.6 is 12.4 Å². The number of rotatable bonds is 5. The van der Waals surface area contributed by atoms with E-state index in [0.29, 0.717) is 17.9 Å². The molecular formula is C14H22ClN3O2. The smallest absolute Gasteiger partial charge is 0.228 e. The van der Waals surface area contributed by atoms with Crippen LogP contribution < -0.4 is 16.4 Å². The van der Waals surface area contributed by atoms with Crippen molar-refractivity contribution in [3.63, 3.8) is 0 Å². The molecule has 0 aliphatic heterocycles. The van der Waals surface area contributed by atoms with Crippen molar-refractivity contribution in [1.82, 2.24) is 0 Å². The Kier molecular flexibility index (Phi) is 7.87. The van der Waals surface area contributed by atoms with Crippen molar-refractivity contribution < 1.29 is 9.59 Å². The van der Waals surface area contributed by atoms with E-state index in [9.17, 15) is 9.59 Å². The number of benzene rings is 1. The van der Waals surface area contributed by atoms with E-state index in [1.54, 1.807) is 31.2 Å². The first kappa shape index (κ1) is 18.4. The van der Waals surface area contributed by atoms with Gasteiger partial charge in [-0.2, -0.15) is 0 Å². The molecule has 0 bridgehead atoms. The van der Waals surface area contributed by atoms with Gasteiger partial charge in [0.05, 0.1) is 0 Å². The van der Waals surface area contributed by atoms with Crippen molar-refractivity contribution in [3.8, 4) is 0 Å². The third-order valence-electron chi connectivity index (χ3n) is 2.75. The van der Waals surface area contributed by atoms with Crippen LogP contribution in [0.2, 0.25) is 0 Å². The summed E-state index contributed by atoms with van der Waals surface area (Å²) in [6.07, 6.45) is 0. The minimum absolute atomic E-state index is 0. The molecule has 0 aliphatic carbocycles. The van der Waals surface area contributed by atoms with Gasteiger partial charge in [0.1, 0.15) is 0 Å². The van der Waals surface area contributed by atoms with Gasteiger partial charge in [-0.1, -0.05) is 20.8 Å². The maximum Gasteiger partial charge on any atom is 0.228 e. The second kappa shape index (κ2) is 8.55. The van der Waals surface area contributed by atoms with Crippen molar-refractivity contribution in [1.29, 1.82) is 0 Å². The molecule has 6 heteroatoms. The molecule has 0 saturated heterocycles. The lowest BCUT2D eigenvalue weighted by molar-refractivity contribution is -0.119. The molecule has 0 aliphatic rings. The number of hydrogen-bond donors (Lipinski definition) is 3. The molecule has 20 heavy (non-hydrogen) atoms. The van der Waals surface area contributed by atoms with Gasteiger partial charge in [-0.25, -0.2) is 0 Å². The normalized spacial score (nSPS) is 11.4. The Morgan fingerprint density at radius 2 is 1.40 bits per heavy atom. The first-order valence-electron chi connectivity index (χ1n) is 6.36. The molecule has 1 unspecified atom stereocenters. The lowest BCUT2D eigenvalue weighted by atomic mass is 10.1. The third-order valence-corrected chi connectivity index (χ3v) is 2.75. The number of carbonyl (C=O) groups excluding carboxylic acids is 2. The lowest BCUT2D eigenvalue weighted by Crippen LogP contribution is -2.26. The number of halogens is 1. The van der Waals surface area contributed by atoms with Crippen LogP contribution in [-0.2, 0) is 9.59 Å². The number of anilines is 2. The largest absolute Gasteiger partial charge is 0.330 e. The van der Waals surface area contributed by atoms with Gasteiger partial charge in [0.15, 0.2) is 0 Å². The van der Waals surface area contributed by atoms with E-state index in [4.69, 9.17) is 5.73 Å². The van der Waals surface area contributed by atoms with E-state index in [1.807, 2.05) is 13.8 Å². The monoisotopic (exact) mass is 299 g/mol. The minimum atomic E-state index is -0.222. The molecule has 1 aromatic rings.